The summed E-state index contributed by atoms with van der Waals surface area (Å²) in [5.74, 6) is 1.46. The van der Waals surface area contributed by atoms with Crippen molar-refractivity contribution in [1.29, 1.82) is 0 Å². The molecule has 1 unspecified atom stereocenters. The second-order valence-corrected chi connectivity index (χ2v) is 10.6. The molecule has 0 saturated carbocycles. The van der Waals surface area contributed by atoms with Gasteiger partial charge in [0.1, 0.15) is 5.82 Å². The van der Waals surface area contributed by atoms with Crippen molar-refractivity contribution < 1.29 is 8.42 Å². The molecule has 7 nitrogen and oxygen atoms in total. The lowest BCUT2D eigenvalue weighted by Crippen LogP contribution is -2.46. The minimum atomic E-state index is -3.15. The molecular formula is C17H28ClN5O2S. The average molecular weight is 402 g/mol. The number of aromatic nitrogens is 1. The van der Waals surface area contributed by atoms with Gasteiger partial charge in [-0.15, -0.1) is 0 Å². The molecular weight excluding hydrogens is 374 g/mol. The van der Waals surface area contributed by atoms with Crippen LogP contribution in [0.15, 0.2) is 23.3 Å². The van der Waals surface area contributed by atoms with Gasteiger partial charge < -0.3 is 15.5 Å². The molecule has 1 aromatic heterocycles. The van der Waals surface area contributed by atoms with Crippen molar-refractivity contribution in [1.82, 2.24) is 15.6 Å². The van der Waals surface area contributed by atoms with Gasteiger partial charge in [-0.3, -0.25) is 4.99 Å². The van der Waals surface area contributed by atoms with Crippen LogP contribution >= 0.6 is 11.6 Å². The van der Waals surface area contributed by atoms with E-state index in [1.807, 2.05) is 12.1 Å². The Balaban J connectivity index is 1.85. The van der Waals surface area contributed by atoms with Crippen LogP contribution in [0.4, 0.5) is 5.82 Å². The smallest absolute Gasteiger partial charge is 0.191 e. The Hall–Kier alpha value is -1.54. The summed E-state index contributed by atoms with van der Waals surface area (Å²) in [5, 5.41) is 7.07. The quantitative estimate of drug-likeness (QED) is 0.576. The summed E-state index contributed by atoms with van der Waals surface area (Å²) in [6.45, 7) is 7.07. The predicted octanol–water partition coefficient (Wildman–Crippen LogP) is 1.69. The molecule has 1 aliphatic rings. The van der Waals surface area contributed by atoms with Crippen molar-refractivity contribution in [3.8, 4) is 0 Å². The monoisotopic (exact) mass is 401 g/mol. The Kier molecular flexibility index (Phi) is 6.74. The van der Waals surface area contributed by atoms with E-state index in [4.69, 9.17) is 11.6 Å². The first-order chi connectivity index (χ1) is 12.1. The number of nitrogens with zero attached hydrogens (tertiary/aromatic N) is 3. The van der Waals surface area contributed by atoms with Gasteiger partial charge in [-0.2, -0.15) is 0 Å². The summed E-state index contributed by atoms with van der Waals surface area (Å²) < 4.78 is 23.6. The topological polar surface area (TPSA) is 86.7 Å². The molecule has 1 aromatic rings. The van der Waals surface area contributed by atoms with E-state index < -0.39 is 14.6 Å². The van der Waals surface area contributed by atoms with Crippen molar-refractivity contribution in [3.05, 3.63) is 23.4 Å². The minimum absolute atomic E-state index is 0.0670. The summed E-state index contributed by atoms with van der Waals surface area (Å²) in [6.07, 6.45) is 2.66. The lowest BCUT2D eigenvalue weighted by molar-refractivity contribution is 0.558. The van der Waals surface area contributed by atoms with Crippen LogP contribution in [0.2, 0.25) is 5.02 Å². The fraction of sp³-hybridized carbons (Fsp3) is 0.647. The zero-order valence-corrected chi connectivity index (χ0v) is 17.4. The van der Waals surface area contributed by atoms with Crippen LogP contribution in [-0.4, -0.2) is 62.6 Å². The molecule has 1 atom stereocenters. The number of pyridine rings is 1. The lowest BCUT2D eigenvalue weighted by Gasteiger charge is -2.21. The third-order valence-electron chi connectivity index (χ3n) is 4.39. The Morgan fingerprint density at radius 2 is 2.19 bits per heavy atom. The van der Waals surface area contributed by atoms with Gasteiger partial charge in [-0.05, 0) is 39.3 Å². The van der Waals surface area contributed by atoms with Crippen LogP contribution in [0.5, 0.6) is 0 Å². The van der Waals surface area contributed by atoms with Crippen molar-refractivity contribution in [2.75, 3.05) is 37.3 Å². The molecule has 146 valence electrons. The van der Waals surface area contributed by atoms with Crippen LogP contribution in [0.25, 0.3) is 0 Å². The second-order valence-electron chi connectivity index (χ2n) is 7.32. The van der Waals surface area contributed by atoms with E-state index >= 15 is 0 Å². The molecule has 2 N–H and O–H groups in total. The van der Waals surface area contributed by atoms with Crippen LogP contribution in [0, 0.1) is 0 Å². The number of sulfone groups is 1. The highest BCUT2D eigenvalue weighted by molar-refractivity contribution is 7.92. The molecule has 0 spiro atoms. The van der Waals surface area contributed by atoms with Crippen LogP contribution < -0.4 is 15.5 Å². The molecule has 2 rings (SSSR count). The number of rotatable bonds is 5. The highest BCUT2D eigenvalue weighted by atomic mass is 35.5. The average Bonchev–Trinajstić information content (AvgIpc) is 3.01. The van der Waals surface area contributed by atoms with E-state index in [0.29, 0.717) is 17.5 Å². The molecule has 9 heteroatoms. The van der Waals surface area contributed by atoms with E-state index in [2.05, 4.69) is 25.5 Å². The number of anilines is 1. The number of hydrogen-bond donors (Lipinski definition) is 2. The van der Waals surface area contributed by atoms with Gasteiger partial charge in [0.05, 0.1) is 15.5 Å². The first-order valence-electron chi connectivity index (χ1n) is 8.69. The first-order valence-corrected chi connectivity index (χ1v) is 10.7. The van der Waals surface area contributed by atoms with E-state index in [-0.39, 0.29) is 11.8 Å². The van der Waals surface area contributed by atoms with Gasteiger partial charge in [0.15, 0.2) is 15.8 Å². The number of hydrogen-bond acceptors (Lipinski definition) is 5. The van der Waals surface area contributed by atoms with Gasteiger partial charge >= 0.3 is 0 Å². The summed E-state index contributed by atoms with van der Waals surface area (Å²) in [5.41, 5.74) is 0. The summed E-state index contributed by atoms with van der Waals surface area (Å²) >= 11 is 6.22. The van der Waals surface area contributed by atoms with E-state index in [9.17, 15) is 8.42 Å². The van der Waals surface area contributed by atoms with E-state index in [1.54, 1.807) is 34.0 Å². The zero-order valence-electron chi connectivity index (χ0n) is 15.8. The second kappa shape index (κ2) is 8.43. The standard InChI is InChI=1S/C17H28ClN5O2S/c1-17(2,3)26(24,25)11-9-21-16(19-4)22-13-7-10-23(12-13)15-14(18)6-5-8-20-15/h5-6,8,13H,7,9-12H2,1-4H3,(H2,19,21,22). The van der Waals surface area contributed by atoms with Crippen LogP contribution in [0.1, 0.15) is 27.2 Å². The molecule has 1 aliphatic heterocycles. The first kappa shape index (κ1) is 20.8. The Morgan fingerprint density at radius 1 is 1.46 bits per heavy atom. The fourth-order valence-electron chi connectivity index (χ4n) is 2.68. The largest absolute Gasteiger partial charge is 0.355 e. The normalized spacial score (nSPS) is 18.9. The summed E-state index contributed by atoms with van der Waals surface area (Å²) in [4.78, 5) is 10.7. The van der Waals surface area contributed by atoms with Gasteiger partial charge in [0.25, 0.3) is 0 Å². The molecule has 0 radical (unpaired) electrons. The highest BCUT2D eigenvalue weighted by Crippen LogP contribution is 2.25. The highest BCUT2D eigenvalue weighted by Gasteiger charge is 2.29. The molecule has 0 aliphatic carbocycles. The number of halogens is 1. The van der Waals surface area contributed by atoms with Crippen molar-refractivity contribution in [2.45, 2.75) is 38.0 Å². The summed E-state index contributed by atoms with van der Waals surface area (Å²) in [6, 6.07) is 3.84. The molecule has 0 aromatic carbocycles. The number of aliphatic imine (C=N–C) groups is 1. The zero-order chi connectivity index (χ0) is 19.4. The predicted molar refractivity (Wildman–Crippen MR) is 108 cm³/mol. The van der Waals surface area contributed by atoms with E-state index in [1.165, 1.54) is 0 Å². The maximum absolute atomic E-state index is 12.2. The van der Waals surface area contributed by atoms with Crippen molar-refractivity contribution >= 4 is 33.2 Å². The molecule has 0 bridgehead atoms. The maximum atomic E-state index is 12.2. The Labute approximate surface area is 161 Å². The van der Waals surface area contributed by atoms with Gasteiger partial charge in [0.2, 0.25) is 0 Å². The van der Waals surface area contributed by atoms with Gasteiger partial charge in [-0.25, -0.2) is 13.4 Å². The molecule has 1 fully saturated rings. The van der Waals surface area contributed by atoms with Gasteiger partial charge in [-0.1, -0.05) is 11.6 Å². The lowest BCUT2D eigenvalue weighted by atomic mass is 10.3. The van der Waals surface area contributed by atoms with Gasteiger partial charge in [0, 0.05) is 38.9 Å². The summed E-state index contributed by atoms with van der Waals surface area (Å²) in [7, 11) is -1.48. The van der Waals surface area contributed by atoms with Crippen molar-refractivity contribution in [2.24, 2.45) is 4.99 Å². The van der Waals surface area contributed by atoms with Crippen LogP contribution in [-0.2, 0) is 9.84 Å². The number of guanidine groups is 1. The Morgan fingerprint density at radius 3 is 2.81 bits per heavy atom. The van der Waals surface area contributed by atoms with E-state index in [0.717, 1.165) is 25.3 Å². The SMILES string of the molecule is CN=C(NCCS(=O)(=O)C(C)(C)C)NC1CCN(c2ncccc2Cl)C1. The maximum Gasteiger partial charge on any atom is 0.191 e. The fourth-order valence-corrected chi connectivity index (χ4v) is 3.90. The number of nitrogens with one attached hydrogen (secondary N) is 2. The molecule has 26 heavy (non-hydrogen) atoms. The molecule has 0 amide bonds. The van der Waals surface area contributed by atoms with Crippen LogP contribution in [0.3, 0.4) is 0 Å². The third-order valence-corrected chi connectivity index (χ3v) is 7.29. The van der Waals surface area contributed by atoms with Crippen molar-refractivity contribution in [3.63, 3.8) is 0 Å². The third kappa shape index (κ3) is 5.23. The minimum Gasteiger partial charge on any atom is -0.355 e. The Bertz CT molecular complexity index is 746. The molecule has 1 saturated heterocycles. The molecule has 2 heterocycles.